The molecule has 1 heterocycles. The lowest BCUT2D eigenvalue weighted by Gasteiger charge is -2.26. The predicted molar refractivity (Wildman–Crippen MR) is 163 cm³/mol. The maximum Gasteiger partial charge on any atom is 0.235 e. The van der Waals surface area contributed by atoms with Crippen molar-refractivity contribution in [3.63, 3.8) is 0 Å². The van der Waals surface area contributed by atoms with Gasteiger partial charge in [0.1, 0.15) is 12.2 Å². The van der Waals surface area contributed by atoms with E-state index in [2.05, 4.69) is 67.3 Å². The van der Waals surface area contributed by atoms with Crippen LogP contribution in [0.4, 0.5) is 17.1 Å². The van der Waals surface area contributed by atoms with E-state index in [-0.39, 0.29) is 17.8 Å². The summed E-state index contributed by atoms with van der Waals surface area (Å²) in [5, 5.41) is 0.496. The first-order chi connectivity index (χ1) is 19.6. The molecule has 0 fully saturated rings. The summed E-state index contributed by atoms with van der Waals surface area (Å²) in [6.07, 6.45) is 0. The summed E-state index contributed by atoms with van der Waals surface area (Å²) >= 11 is 0. The molecule has 6 rings (SSSR count). The van der Waals surface area contributed by atoms with E-state index < -0.39 is 0 Å². The number of fused-ring (bicyclic) bond motifs is 1. The summed E-state index contributed by atoms with van der Waals surface area (Å²) in [7, 11) is 0. The first-order valence-electron chi connectivity index (χ1n) is 13.3. The van der Waals surface area contributed by atoms with Gasteiger partial charge in [-0.3, -0.25) is 4.79 Å². The van der Waals surface area contributed by atoms with E-state index in [0.29, 0.717) is 16.7 Å². The fraction of sp³-hybridized carbons (Fsp3) is 0.0833. The van der Waals surface area contributed by atoms with Crippen molar-refractivity contribution in [3.8, 4) is 17.1 Å². The van der Waals surface area contributed by atoms with Gasteiger partial charge in [0.25, 0.3) is 0 Å². The number of hydrogen-bond donors (Lipinski definition) is 0. The molecule has 0 saturated carbocycles. The van der Waals surface area contributed by atoms with Gasteiger partial charge in [-0.1, -0.05) is 77.9 Å². The van der Waals surface area contributed by atoms with E-state index in [9.17, 15) is 4.79 Å². The van der Waals surface area contributed by atoms with Gasteiger partial charge in [-0.05, 0) is 80.1 Å². The highest BCUT2D eigenvalue weighted by molar-refractivity contribution is 5.83. The van der Waals surface area contributed by atoms with Gasteiger partial charge in [0.15, 0.2) is 5.76 Å². The van der Waals surface area contributed by atoms with E-state index >= 15 is 0 Å². The van der Waals surface area contributed by atoms with Crippen LogP contribution in [0.1, 0.15) is 16.7 Å². The van der Waals surface area contributed by atoms with Gasteiger partial charge in [-0.2, -0.15) is 0 Å². The van der Waals surface area contributed by atoms with Crippen LogP contribution < -0.4 is 15.1 Å². The van der Waals surface area contributed by atoms with Crippen LogP contribution >= 0.6 is 0 Å². The van der Waals surface area contributed by atoms with Crippen molar-refractivity contribution in [2.45, 2.75) is 20.5 Å². The molecule has 40 heavy (non-hydrogen) atoms. The monoisotopic (exact) mass is 523 g/mol. The van der Waals surface area contributed by atoms with Crippen molar-refractivity contribution < 1.29 is 9.15 Å². The van der Waals surface area contributed by atoms with Crippen LogP contribution in [-0.4, -0.2) is 0 Å². The van der Waals surface area contributed by atoms with Crippen molar-refractivity contribution in [2.75, 3.05) is 4.90 Å². The Labute approximate surface area is 233 Å². The third-order valence-corrected chi connectivity index (χ3v) is 6.95. The van der Waals surface area contributed by atoms with Crippen molar-refractivity contribution in [1.29, 1.82) is 0 Å². The lowest BCUT2D eigenvalue weighted by atomic mass is 10.1. The Balaban J connectivity index is 1.42. The molecule has 5 aromatic carbocycles. The van der Waals surface area contributed by atoms with E-state index in [4.69, 9.17) is 9.15 Å². The molecule has 0 aliphatic rings. The zero-order valence-electron chi connectivity index (χ0n) is 22.5. The lowest BCUT2D eigenvalue weighted by molar-refractivity contribution is 0.298. The molecule has 0 unspecified atom stereocenters. The number of hydrogen-bond acceptors (Lipinski definition) is 4. The molecular formula is C36H29NO3. The largest absolute Gasteiger partial charge is 0.481 e. The standard InChI is InChI=1S/C36H29NO3/c1-25-12-18-29(19-13-25)37(30-20-14-26(2)15-21-30)31-22-16-28(17-23-31)35-36(39-24-27-8-4-3-5-9-27)34(38)32-10-6-7-11-33(32)40-35/h3-23H,24H2,1-2H3. The van der Waals surface area contributed by atoms with Crippen LogP contribution in [0.2, 0.25) is 0 Å². The number of anilines is 3. The minimum Gasteiger partial charge on any atom is -0.481 e. The molecule has 0 bridgehead atoms. The normalized spacial score (nSPS) is 10.9. The van der Waals surface area contributed by atoms with Crippen molar-refractivity contribution in [2.24, 2.45) is 0 Å². The number of ether oxygens (including phenoxy) is 1. The van der Waals surface area contributed by atoms with Crippen molar-refractivity contribution >= 4 is 28.0 Å². The Bertz CT molecular complexity index is 1760. The summed E-state index contributed by atoms with van der Waals surface area (Å²) in [6, 6.07) is 42.1. The molecule has 0 atom stereocenters. The highest BCUT2D eigenvalue weighted by Crippen LogP contribution is 2.37. The second-order valence-electron chi connectivity index (χ2n) is 9.91. The molecule has 0 amide bonds. The van der Waals surface area contributed by atoms with Crippen LogP contribution in [0, 0.1) is 13.8 Å². The first kappa shape index (κ1) is 25.2. The number of para-hydroxylation sites is 1. The SMILES string of the molecule is Cc1ccc(N(c2ccc(C)cc2)c2ccc(-c3oc4ccccc4c(=O)c3OCc3ccccc3)cc2)cc1. The van der Waals surface area contributed by atoms with Crippen LogP contribution in [0.15, 0.2) is 137 Å². The van der Waals surface area contributed by atoms with Gasteiger partial charge in [0.2, 0.25) is 11.2 Å². The minimum atomic E-state index is -0.183. The van der Waals surface area contributed by atoms with Crippen molar-refractivity contribution in [3.05, 3.63) is 154 Å². The third kappa shape index (κ3) is 5.12. The lowest BCUT2D eigenvalue weighted by Crippen LogP contribution is -2.11. The number of aryl methyl sites for hydroxylation is 2. The first-order valence-corrected chi connectivity index (χ1v) is 13.3. The third-order valence-electron chi connectivity index (χ3n) is 6.95. The van der Waals surface area contributed by atoms with Gasteiger partial charge in [0, 0.05) is 22.6 Å². The molecular weight excluding hydrogens is 494 g/mol. The van der Waals surface area contributed by atoms with E-state index in [1.165, 1.54) is 11.1 Å². The number of rotatable bonds is 7. The minimum absolute atomic E-state index is 0.183. The van der Waals surface area contributed by atoms with Crippen LogP contribution in [0.25, 0.3) is 22.3 Å². The highest BCUT2D eigenvalue weighted by Gasteiger charge is 2.19. The summed E-state index contributed by atoms with van der Waals surface area (Å²) in [4.78, 5) is 15.8. The Hall–Kier alpha value is -5.09. The second kappa shape index (κ2) is 11.0. The van der Waals surface area contributed by atoms with Gasteiger partial charge < -0.3 is 14.1 Å². The van der Waals surface area contributed by atoms with Gasteiger partial charge >= 0.3 is 0 Å². The molecule has 0 aliphatic heterocycles. The van der Waals surface area contributed by atoms with Gasteiger partial charge in [-0.15, -0.1) is 0 Å². The van der Waals surface area contributed by atoms with Crippen LogP contribution in [0.5, 0.6) is 5.75 Å². The predicted octanol–water partition coefficient (Wildman–Crippen LogP) is 9.13. The fourth-order valence-electron chi connectivity index (χ4n) is 4.77. The van der Waals surface area contributed by atoms with Crippen LogP contribution in [0.3, 0.4) is 0 Å². The average Bonchev–Trinajstić information content (AvgIpc) is 2.99. The Kier molecular flexibility index (Phi) is 6.90. The summed E-state index contributed by atoms with van der Waals surface area (Å²) in [5.74, 6) is 0.632. The quantitative estimate of drug-likeness (QED) is 0.209. The number of benzene rings is 5. The fourth-order valence-corrected chi connectivity index (χ4v) is 4.77. The Morgan fingerprint density at radius 2 is 1.15 bits per heavy atom. The van der Waals surface area contributed by atoms with E-state index in [1.54, 1.807) is 6.07 Å². The van der Waals surface area contributed by atoms with Crippen LogP contribution in [-0.2, 0) is 6.61 Å². The zero-order chi connectivity index (χ0) is 27.5. The number of nitrogens with zero attached hydrogens (tertiary/aromatic N) is 1. The Morgan fingerprint density at radius 1 is 0.625 bits per heavy atom. The van der Waals surface area contributed by atoms with E-state index in [1.807, 2.05) is 72.8 Å². The summed E-state index contributed by atoms with van der Waals surface area (Å²) < 4.78 is 12.4. The van der Waals surface area contributed by atoms with E-state index in [0.717, 1.165) is 28.2 Å². The molecule has 0 spiro atoms. The molecule has 6 aromatic rings. The smallest absolute Gasteiger partial charge is 0.235 e. The van der Waals surface area contributed by atoms with Crippen molar-refractivity contribution in [1.82, 2.24) is 0 Å². The maximum atomic E-state index is 13.6. The highest BCUT2D eigenvalue weighted by atomic mass is 16.5. The zero-order valence-corrected chi connectivity index (χ0v) is 22.5. The average molecular weight is 524 g/mol. The molecule has 0 aliphatic carbocycles. The topological polar surface area (TPSA) is 42.7 Å². The van der Waals surface area contributed by atoms with Gasteiger partial charge in [-0.25, -0.2) is 0 Å². The molecule has 1 aromatic heterocycles. The molecule has 0 saturated heterocycles. The molecule has 0 radical (unpaired) electrons. The second-order valence-corrected chi connectivity index (χ2v) is 9.91. The Morgan fingerprint density at radius 3 is 1.75 bits per heavy atom. The molecule has 0 N–H and O–H groups in total. The molecule has 4 nitrogen and oxygen atoms in total. The summed E-state index contributed by atoms with van der Waals surface area (Å²) in [6.45, 7) is 4.44. The molecule has 196 valence electrons. The summed E-state index contributed by atoms with van der Waals surface area (Å²) in [5.41, 5.74) is 7.61. The maximum absolute atomic E-state index is 13.6. The molecule has 4 heteroatoms. The van der Waals surface area contributed by atoms with Gasteiger partial charge in [0.05, 0.1) is 5.39 Å².